The molecule has 2 aromatic rings. The van der Waals surface area contributed by atoms with Crippen molar-refractivity contribution < 1.29 is 29.0 Å². The number of aryl methyl sites for hydroxylation is 1. The Hall–Kier alpha value is -1.68. The third kappa shape index (κ3) is 4.44. The number of hydrogen-bond acceptors (Lipinski definition) is 4. The van der Waals surface area contributed by atoms with Crippen LogP contribution >= 0.6 is 21.6 Å². The molecule has 2 rings (SSSR count). The number of ether oxygens (including phenoxy) is 1. The summed E-state index contributed by atoms with van der Waals surface area (Å²) in [7, 11) is -9.68. The summed E-state index contributed by atoms with van der Waals surface area (Å²) in [6.45, 7) is 3.60. The van der Waals surface area contributed by atoms with Gasteiger partial charge in [0.05, 0.1) is 18.7 Å². The molecule has 3 nitrogen and oxygen atoms in total. The minimum atomic E-state index is -9.68. The molecule has 0 N–H and O–H groups in total. The zero-order valence-corrected chi connectivity index (χ0v) is 14.3. The lowest BCUT2D eigenvalue weighted by molar-refractivity contribution is -0.142. The predicted octanol–water partition coefficient (Wildman–Crippen LogP) is 5.88. The maximum absolute atomic E-state index is 12.7. The second-order valence-corrected chi connectivity index (χ2v) is 8.61. The maximum atomic E-state index is 12.7. The molecule has 0 amide bonds. The number of nitrogens with zero attached hydrogens (tertiary/aromatic N) is 1. The Morgan fingerprint density at radius 2 is 1.75 bits per heavy atom. The number of esters is 1. The molecule has 24 heavy (non-hydrogen) atoms. The van der Waals surface area contributed by atoms with Gasteiger partial charge in [0.15, 0.2) is 0 Å². The van der Waals surface area contributed by atoms with E-state index in [1.54, 1.807) is 13.8 Å². The highest BCUT2D eigenvalue weighted by molar-refractivity contribution is 8.45. The number of carbonyl (C=O) groups is 1. The molecule has 0 aliphatic carbocycles. The third-order valence-electron chi connectivity index (χ3n) is 3.06. The topological polar surface area (TPSA) is 39.2 Å². The van der Waals surface area contributed by atoms with Gasteiger partial charge in [-0.25, -0.2) is 4.98 Å². The quantitative estimate of drug-likeness (QED) is 0.475. The minimum Gasteiger partial charge on any atom is -0.466 e. The largest absolute Gasteiger partial charge is 0.466 e. The van der Waals surface area contributed by atoms with E-state index >= 15 is 0 Å². The van der Waals surface area contributed by atoms with Crippen LogP contribution in [0.1, 0.15) is 17.5 Å². The van der Waals surface area contributed by atoms with Crippen LogP contribution in [0.15, 0.2) is 29.2 Å². The third-order valence-corrected chi connectivity index (χ3v) is 5.28. The van der Waals surface area contributed by atoms with Crippen LogP contribution < -0.4 is 0 Å². The molecular weight excluding hydrogens is 373 g/mol. The normalized spacial score (nSPS) is 14.8. The molecule has 0 spiro atoms. The summed E-state index contributed by atoms with van der Waals surface area (Å²) >= 11 is 1.16. The van der Waals surface area contributed by atoms with Crippen LogP contribution in [0.3, 0.4) is 0 Å². The van der Waals surface area contributed by atoms with Crippen LogP contribution in [-0.4, -0.2) is 17.6 Å². The van der Waals surface area contributed by atoms with Gasteiger partial charge < -0.3 is 4.74 Å². The lowest BCUT2D eigenvalue weighted by Crippen LogP contribution is -2.08. The molecule has 0 aliphatic heterocycles. The zero-order chi connectivity index (χ0) is 18.2. The average Bonchev–Trinajstić information content (AvgIpc) is 2.78. The van der Waals surface area contributed by atoms with E-state index in [1.165, 1.54) is 0 Å². The molecular formula is C14H14F5NO2S2. The van der Waals surface area contributed by atoms with Crippen LogP contribution in [0.4, 0.5) is 19.4 Å². The summed E-state index contributed by atoms with van der Waals surface area (Å²) in [4.78, 5) is 14.4. The van der Waals surface area contributed by atoms with Crippen LogP contribution in [0.2, 0.25) is 0 Å². The van der Waals surface area contributed by atoms with Crippen molar-refractivity contribution in [3.63, 3.8) is 0 Å². The molecule has 0 fully saturated rings. The molecule has 0 saturated heterocycles. The molecule has 0 bridgehead atoms. The molecule has 0 radical (unpaired) electrons. The van der Waals surface area contributed by atoms with Crippen molar-refractivity contribution in [1.82, 2.24) is 4.98 Å². The van der Waals surface area contributed by atoms with Crippen LogP contribution in [0, 0.1) is 6.92 Å². The first-order valence-corrected chi connectivity index (χ1v) is 9.53. The number of benzene rings is 1. The Kier molecular flexibility index (Phi) is 4.21. The Morgan fingerprint density at radius 1 is 1.17 bits per heavy atom. The van der Waals surface area contributed by atoms with E-state index in [1.807, 2.05) is 0 Å². The van der Waals surface area contributed by atoms with Crippen molar-refractivity contribution >= 4 is 27.5 Å². The molecule has 1 heterocycles. The smallest absolute Gasteiger partial charge is 0.311 e. The van der Waals surface area contributed by atoms with Crippen molar-refractivity contribution in [3.8, 4) is 10.6 Å². The fourth-order valence-electron chi connectivity index (χ4n) is 1.92. The van der Waals surface area contributed by atoms with Crippen LogP contribution in [0.5, 0.6) is 0 Å². The number of halogens is 5. The highest BCUT2D eigenvalue weighted by atomic mass is 32.5. The van der Waals surface area contributed by atoms with E-state index in [4.69, 9.17) is 4.74 Å². The summed E-state index contributed by atoms with van der Waals surface area (Å²) in [6, 6.07) is 2.58. The summed E-state index contributed by atoms with van der Waals surface area (Å²) in [5.74, 6) is -0.464. The van der Waals surface area contributed by atoms with E-state index in [0.717, 1.165) is 23.5 Å². The van der Waals surface area contributed by atoms with Gasteiger partial charge in [0, 0.05) is 10.4 Å². The standard InChI is InChI=1S/C14H14F5NO2S2/c1-3-22-13(21)8-12-9(2)23-14(20-12)10-4-6-11(7-5-10)24(15,16,17,18)19/h4-7H,3,8H2,1-2H3. The molecule has 0 atom stereocenters. The summed E-state index contributed by atoms with van der Waals surface area (Å²) < 4.78 is 68.3. The second kappa shape index (κ2) is 5.41. The van der Waals surface area contributed by atoms with Crippen molar-refractivity contribution in [2.45, 2.75) is 25.2 Å². The summed E-state index contributed by atoms with van der Waals surface area (Å²) in [5, 5.41) is 0.348. The zero-order valence-electron chi connectivity index (χ0n) is 12.7. The molecule has 134 valence electrons. The first-order valence-electron chi connectivity index (χ1n) is 6.76. The van der Waals surface area contributed by atoms with Gasteiger partial charge in [-0.3, -0.25) is 4.79 Å². The Balaban J connectivity index is 2.29. The summed E-state index contributed by atoms with van der Waals surface area (Å²) in [5.41, 5.74) is 0.717. The van der Waals surface area contributed by atoms with E-state index in [9.17, 15) is 24.2 Å². The second-order valence-electron chi connectivity index (χ2n) is 5.00. The number of hydrogen-bond donors (Lipinski definition) is 0. The highest BCUT2D eigenvalue weighted by Crippen LogP contribution is 3.02. The lowest BCUT2D eigenvalue weighted by Gasteiger charge is -2.40. The van der Waals surface area contributed by atoms with Crippen molar-refractivity contribution in [1.29, 1.82) is 0 Å². The molecule has 1 aromatic carbocycles. The molecule has 0 saturated carbocycles. The van der Waals surface area contributed by atoms with Crippen LogP contribution in [-0.2, 0) is 16.0 Å². The monoisotopic (exact) mass is 387 g/mol. The lowest BCUT2D eigenvalue weighted by atomic mass is 10.2. The molecule has 0 unspecified atom stereocenters. The fraction of sp³-hybridized carbons (Fsp3) is 0.286. The first-order chi connectivity index (χ1) is 10.8. The Bertz CT molecular complexity index is 769. The van der Waals surface area contributed by atoms with Gasteiger partial charge in [0.2, 0.25) is 0 Å². The first kappa shape index (κ1) is 18.7. The predicted molar refractivity (Wildman–Crippen MR) is 84.0 cm³/mol. The Labute approximate surface area is 139 Å². The van der Waals surface area contributed by atoms with Crippen molar-refractivity contribution in [3.05, 3.63) is 34.8 Å². The molecule has 10 heteroatoms. The number of rotatable bonds is 5. The van der Waals surface area contributed by atoms with E-state index in [-0.39, 0.29) is 18.6 Å². The SMILES string of the molecule is CCOC(=O)Cc1nc(-c2ccc(S(F)(F)(F)(F)F)cc2)sc1C. The van der Waals surface area contributed by atoms with E-state index in [2.05, 4.69) is 4.98 Å². The van der Waals surface area contributed by atoms with Gasteiger partial charge in [-0.15, -0.1) is 11.3 Å². The van der Waals surface area contributed by atoms with Crippen molar-refractivity contribution in [2.24, 2.45) is 0 Å². The van der Waals surface area contributed by atoms with Gasteiger partial charge >= 0.3 is 16.2 Å². The van der Waals surface area contributed by atoms with Crippen molar-refractivity contribution in [2.75, 3.05) is 6.61 Å². The van der Waals surface area contributed by atoms with Gasteiger partial charge in [-0.1, -0.05) is 31.6 Å². The summed E-state index contributed by atoms with van der Waals surface area (Å²) in [6.07, 6.45) is -0.0558. The van der Waals surface area contributed by atoms with Crippen LogP contribution in [0.25, 0.3) is 10.6 Å². The minimum absolute atomic E-state index is 0.0558. The molecule has 1 aromatic heterocycles. The van der Waals surface area contributed by atoms with E-state index < -0.39 is 21.1 Å². The number of thiazole rings is 1. The highest BCUT2D eigenvalue weighted by Gasteiger charge is 2.65. The van der Waals surface area contributed by atoms with E-state index in [0.29, 0.717) is 27.7 Å². The maximum Gasteiger partial charge on any atom is 0.311 e. The van der Waals surface area contributed by atoms with Gasteiger partial charge in [-0.2, -0.15) is 0 Å². The Morgan fingerprint density at radius 3 is 2.25 bits per heavy atom. The fourth-order valence-corrected chi connectivity index (χ4v) is 3.50. The number of carbonyl (C=O) groups excluding carboxylic acids is 1. The van der Waals surface area contributed by atoms with Gasteiger partial charge in [-0.05, 0) is 26.0 Å². The van der Waals surface area contributed by atoms with Gasteiger partial charge in [0.1, 0.15) is 9.90 Å². The number of aromatic nitrogens is 1. The van der Waals surface area contributed by atoms with Gasteiger partial charge in [0.25, 0.3) is 0 Å². The average molecular weight is 387 g/mol. The molecule has 0 aliphatic rings.